The SMILES string of the molecule is Cn1cc(C(=O)OC(Cl)Cl)c2ccccc21. The van der Waals surface area contributed by atoms with Crippen LogP contribution < -0.4 is 0 Å². The molecule has 0 fully saturated rings. The van der Waals surface area contributed by atoms with Gasteiger partial charge in [0.15, 0.2) is 0 Å². The van der Waals surface area contributed by atoms with Crippen LogP contribution in [0.2, 0.25) is 0 Å². The van der Waals surface area contributed by atoms with Crippen LogP contribution in [0, 0.1) is 0 Å². The number of rotatable bonds is 2. The smallest absolute Gasteiger partial charge is 0.342 e. The number of halogens is 2. The molecular formula is C11H9Cl2NO2. The molecule has 1 aromatic carbocycles. The molecule has 0 aliphatic rings. The summed E-state index contributed by atoms with van der Waals surface area (Å²) in [5.74, 6) is -0.521. The van der Waals surface area contributed by atoms with Crippen LogP contribution in [0.1, 0.15) is 10.4 Å². The first-order chi connectivity index (χ1) is 7.59. The summed E-state index contributed by atoms with van der Waals surface area (Å²) >= 11 is 10.8. The van der Waals surface area contributed by atoms with Crippen LogP contribution in [0.4, 0.5) is 0 Å². The van der Waals surface area contributed by atoms with E-state index >= 15 is 0 Å². The van der Waals surface area contributed by atoms with E-state index in [1.165, 1.54) is 0 Å². The Bertz CT molecular complexity index is 534. The minimum Gasteiger partial charge on any atom is -0.428 e. The lowest BCUT2D eigenvalue weighted by atomic mass is 10.2. The molecule has 0 unspecified atom stereocenters. The van der Waals surface area contributed by atoms with E-state index in [-0.39, 0.29) is 0 Å². The van der Waals surface area contributed by atoms with Crippen LogP contribution in [-0.4, -0.2) is 15.6 Å². The van der Waals surface area contributed by atoms with Crippen molar-refractivity contribution >= 4 is 40.1 Å². The molecule has 0 saturated heterocycles. The molecule has 16 heavy (non-hydrogen) atoms. The number of aryl methyl sites for hydroxylation is 1. The Morgan fingerprint density at radius 3 is 2.75 bits per heavy atom. The zero-order valence-electron chi connectivity index (χ0n) is 8.48. The zero-order chi connectivity index (χ0) is 11.7. The van der Waals surface area contributed by atoms with E-state index in [1.807, 2.05) is 35.9 Å². The third kappa shape index (κ3) is 2.01. The molecule has 5 heteroatoms. The number of aromatic nitrogens is 1. The van der Waals surface area contributed by atoms with Gasteiger partial charge in [-0.25, -0.2) is 4.79 Å². The Kier molecular flexibility index (Phi) is 3.08. The van der Waals surface area contributed by atoms with Crippen LogP contribution in [-0.2, 0) is 11.8 Å². The number of fused-ring (bicyclic) bond motifs is 1. The van der Waals surface area contributed by atoms with Crippen molar-refractivity contribution in [3.8, 4) is 0 Å². The number of para-hydroxylation sites is 1. The number of carbonyl (C=O) groups excluding carboxylic acids is 1. The molecule has 1 aromatic heterocycles. The molecule has 0 spiro atoms. The van der Waals surface area contributed by atoms with E-state index in [4.69, 9.17) is 27.9 Å². The molecule has 0 atom stereocenters. The summed E-state index contributed by atoms with van der Waals surface area (Å²) in [5, 5.41) is -0.324. The van der Waals surface area contributed by atoms with Gasteiger partial charge in [0, 0.05) is 24.1 Å². The van der Waals surface area contributed by atoms with Crippen LogP contribution in [0.3, 0.4) is 0 Å². The van der Waals surface area contributed by atoms with Crippen molar-refractivity contribution in [2.45, 2.75) is 5.02 Å². The molecule has 0 aliphatic heterocycles. The van der Waals surface area contributed by atoms with Crippen molar-refractivity contribution in [3.05, 3.63) is 36.0 Å². The average molecular weight is 258 g/mol. The predicted octanol–water partition coefficient (Wildman–Crippen LogP) is 3.10. The summed E-state index contributed by atoms with van der Waals surface area (Å²) in [7, 11) is 1.86. The first kappa shape index (κ1) is 11.3. The molecule has 3 nitrogen and oxygen atoms in total. The maximum Gasteiger partial charge on any atom is 0.342 e. The Morgan fingerprint density at radius 1 is 1.38 bits per heavy atom. The summed E-state index contributed by atoms with van der Waals surface area (Å²) in [6.07, 6.45) is 1.70. The fourth-order valence-corrected chi connectivity index (χ4v) is 1.81. The Morgan fingerprint density at radius 2 is 2.06 bits per heavy atom. The van der Waals surface area contributed by atoms with Gasteiger partial charge in [-0.3, -0.25) is 0 Å². The number of carbonyl (C=O) groups is 1. The predicted molar refractivity (Wildman–Crippen MR) is 63.8 cm³/mol. The van der Waals surface area contributed by atoms with Crippen molar-refractivity contribution in [1.82, 2.24) is 4.57 Å². The normalized spacial score (nSPS) is 11.0. The second-order valence-corrected chi connectivity index (χ2v) is 4.35. The molecule has 84 valence electrons. The van der Waals surface area contributed by atoms with E-state index in [0.29, 0.717) is 5.56 Å². The lowest BCUT2D eigenvalue weighted by Gasteiger charge is -2.02. The molecule has 0 amide bonds. The highest BCUT2D eigenvalue weighted by atomic mass is 35.5. The number of hydrogen-bond acceptors (Lipinski definition) is 2. The lowest BCUT2D eigenvalue weighted by molar-refractivity contribution is 0.0538. The summed E-state index contributed by atoms with van der Waals surface area (Å²) < 4.78 is 6.59. The van der Waals surface area contributed by atoms with Crippen molar-refractivity contribution in [1.29, 1.82) is 0 Å². The van der Waals surface area contributed by atoms with Gasteiger partial charge in [0.25, 0.3) is 5.02 Å². The van der Waals surface area contributed by atoms with Crippen molar-refractivity contribution in [3.63, 3.8) is 0 Å². The largest absolute Gasteiger partial charge is 0.428 e. The summed E-state index contributed by atoms with van der Waals surface area (Å²) in [4.78, 5) is 11.7. The van der Waals surface area contributed by atoms with Crippen LogP contribution in [0.25, 0.3) is 10.9 Å². The van der Waals surface area contributed by atoms with E-state index < -0.39 is 11.0 Å². The van der Waals surface area contributed by atoms with Crippen molar-refractivity contribution in [2.24, 2.45) is 7.05 Å². The standard InChI is InChI=1S/C11H9Cl2NO2/c1-14-6-8(10(15)16-11(12)13)7-4-2-3-5-9(7)14/h2-6,11H,1H3. The number of nitrogens with zero attached hydrogens (tertiary/aromatic N) is 1. The second-order valence-electron chi connectivity index (χ2n) is 3.34. The van der Waals surface area contributed by atoms with Gasteiger partial charge < -0.3 is 9.30 Å². The minimum absolute atomic E-state index is 0.462. The zero-order valence-corrected chi connectivity index (χ0v) is 10.00. The van der Waals surface area contributed by atoms with Gasteiger partial charge in [-0.2, -0.15) is 0 Å². The van der Waals surface area contributed by atoms with Gasteiger partial charge in [0.2, 0.25) is 0 Å². The van der Waals surface area contributed by atoms with Gasteiger partial charge in [0.05, 0.1) is 5.56 Å². The van der Waals surface area contributed by atoms with E-state index in [9.17, 15) is 4.79 Å². The molecule has 2 aromatic rings. The first-order valence-corrected chi connectivity index (χ1v) is 5.50. The molecule has 2 rings (SSSR count). The third-order valence-electron chi connectivity index (χ3n) is 2.31. The van der Waals surface area contributed by atoms with Gasteiger partial charge in [-0.05, 0) is 6.07 Å². The highest BCUT2D eigenvalue weighted by Gasteiger charge is 2.16. The minimum atomic E-state index is -1.15. The number of esters is 1. The lowest BCUT2D eigenvalue weighted by Crippen LogP contribution is -2.07. The van der Waals surface area contributed by atoms with Crippen LogP contribution >= 0.6 is 23.2 Å². The summed E-state index contributed by atoms with van der Waals surface area (Å²) in [5.41, 5.74) is 1.42. The van der Waals surface area contributed by atoms with Crippen molar-refractivity contribution < 1.29 is 9.53 Å². The number of hydrogen-bond donors (Lipinski definition) is 0. The summed E-state index contributed by atoms with van der Waals surface area (Å²) in [6, 6.07) is 7.54. The molecule has 0 radical (unpaired) electrons. The van der Waals surface area contributed by atoms with Gasteiger partial charge in [-0.1, -0.05) is 41.4 Å². The number of alkyl halides is 2. The quantitative estimate of drug-likeness (QED) is 0.612. The van der Waals surface area contributed by atoms with E-state index in [2.05, 4.69) is 0 Å². The Labute approximate surface area is 103 Å². The molecule has 0 bridgehead atoms. The van der Waals surface area contributed by atoms with Crippen LogP contribution in [0.15, 0.2) is 30.5 Å². The third-order valence-corrected chi connectivity index (χ3v) is 2.49. The van der Waals surface area contributed by atoms with Gasteiger partial charge in [-0.15, -0.1) is 0 Å². The molecule has 1 heterocycles. The number of ether oxygens (including phenoxy) is 1. The molecule has 0 aliphatic carbocycles. The van der Waals surface area contributed by atoms with Gasteiger partial charge in [0.1, 0.15) is 0 Å². The van der Waals surface area contributed by atoms with E-state index in [0.717, 1.165) is 10.9 Å². The first-order valence-electron chi connectivity index (χ1n) is 4.63. The fraction of sp³-hybridized carbons (Fsp3) is 0.182. The highest BCUT2D eigenvalue weighted by Crippen LogP contribution is 2.22. The van der Waals surface area contributed by atoms with Crippen LogP contribution in [0.5, 0.6) is 0 Å². The van der Waals surface area contributed by atoms with E-state index in [1.54, 1.807) is 6.20 Å². The molecule has 0 saturated carbocycles. The topological polar surface area (TPSA) is 31.2 Å². The second kappa shape index (κ2) is 4.36. The maximum atomic E-state index is 11.7. The Hall–Kier alpha value is -1.19. The number of benzene rings is 1. The molecular weight excluding hydrogens is 249 g/mol. The highest BCUT2D eigenvalue weighted by molar-refractivity contribution is 6.43. The van der Waals surface area contributed by atoms with Gasteiger partial charge >= 0.3 is 5.97 Å². The fourth-order valence-electron chi connectivity index (χ4n) is 1.65. The average Bonchev–Trinajstić information content (AvgIpc) is 2.56. The Balaban J connectivity index is 2.49. The van der Waals surface area contributed by atoms with Crippen molar-refractivity contribution in [2.75, 3.05) is 0 Å². The molecule has 0 N–H and O–H groups in total. The summed E-state index contributed by atoms with van der Waals surface area (Å²) in [6.45, 7) is 0. The maximum absolute atomic E-state index is 11.7. The monoisotopic (exact) mass is 257 g/mol.